The highest BCUT2D eigenvalue weighted by atomic mass is 32.2. The second-order valence-electron chi connectivity index (χ2n) is 6.84. The van der Waals surface area contributed by atoms with Crippen LogP contribution < -0.4 is 5.32 Å². The SMILES string of the molecule is CC(C)(OC(=O)c1ccc(S(C)(=O)=O)cc1[N+](=O)[O-])C1CC[NH2+]CC1. The number of nitrogens with zero attached hydrogens (tertiary/aromatic N) is 1. The minimum Gasteiger partial charge on any atom is -0.456 e. The smallest absolute Gasteiger partial charge is 0.345 e. The highest BCUT2D eigenvalue weighted by molar-refractivity contribution is 7.90. The van der Waals surface area contributed by atoms with Gasteiger partial charge in [0.1, 0.15) is 11.2 Å². The third-order valence-corrected chi connectivity index (χ3v) is 5.70. The predicted octanol–water partition coefficient (Wildman–Crippen LogP) is 0.907. The molecular formula is C16H23N2O6S+. The fourth-order valence-electron chi connectivity index (χ4n) is 3.06. The number of benzene rings is 1. The summed E-state index contributed by atoms with van der Waals surface area (Å²) in [5.41, 5.74) is -1.57. The van der Waals surface area contributed by atoms with Crippen molar-refractivity contribution in [1.29, 1.82) is 0 Å². The molecule has 1 aliphatic rings. The van der Waals surface area contributed by atoms with Crippen molar-refractivity contribution in [1.82, 2.24) is 0 Å². The molecule has 0 aromatic heterocycles. The van der Waals surface area contributed by atoms with Gasteiger partial charge in [-0.05, 0) is 26.0 Å². The molecule has 0 spiro atoms. The molecule has 0 amide bonds. The number of quaternary nitrogens is 1. The van der Waals surface area contributed by atoms with Crippen molar-refractivity contribution in [3.05, 3.63) is 33.9 Å². The summed E-state index contributed by atoms with van der Waals surface area (Å²) in [6, 6.07) is 3.22. The summed E-state index contributed by atoms with van der Waals surface area (Å²) in [5.74, 6) is -0.637. The fourth-order valence-corrected chi connectivity index (χ4v) is 3.71. The summed E-state index contributed by atoms with van der Waals surface area (Å²) in [6.07, 6.45) is 2.75. The summed E-state index contributed by atoms with van der Waals surface area (Å²) >= 11 is 0. The van der Waals surface area contributed by atoms with Crippen molar-refractivity contribution >= 4 is 21.5 Å². The van der Waals surface area contributed by atoms with E-state index in [1.54, 1.807) is 13.8 Å². The normalized spacial score (nSPS) is 16.4. The Morgan fingerprint density at radius 1 is 1.32 bits per heavy atom. The Morgan fingerprint density at radius 2 is 1.92 bits per heavy atom. The van der Waals surface area contributed by atoms with Crippen LogP contribution in [0.1, 0.15) is 37.0 Å². The zero-order valence-electron chi connectivity index (χ0n) is 14.5. The van der Waals surface area contributed by atoms with Crippen LogP contribution in [-0.4, -0.2) is 44.3 Å². The van der Waals surface area contributed by atoms with E-state index in [4.69, 9.17) is 4.74 Å². The summed E-state index contributed by atoms with van der Waals surface area (Å²) < 4.78 is 28.7. The average molecular weight is 371 g/mol. The maximum atomic E-state index is 12.5. The number of nitro groups is 1. The number of sulfone groups is 1. The first-order valence-corrected chi connectivity index (χ1v) is 9.95. The topological polar surface area (TPSA) is 120 Å². The van der Waals surface area contributed by atoms with Gasteiger partial charge < -0.3 is 10.1 Å². The summed E-state index contributed by atoms with van der Waals surface area (Å²) in [7, 11) is -3.61. The lowest BCUT2D eigenvalue weighted by atomic mass is 9.83. The second kappa shape index (κ2) is 7.09. The Labute approximate surface area is 146 Å². The van der Waals surface area contributed by atoms with Gasteiger partial charge >= 0.3 is 5.97 Å². The van der Waals surface area contributed by atoms with Crippen molar-refractivity contribution in [3.8, 4) is 0 Å². The minimum atomic E-state index is -3.61. The number of hydrogen-bond donors (Lipinski definition) is 1. The van der Waals surface area contributed by atoms with E-state index in [9.17, 15) is 23.3 Å². The van der Waals surface area contributed by atoms with Crippen LogP contribution in [0.25, 0.3) is 0 Å². The molecule has 0 atom stereocenters. The zero-order valence-corrected chi connectivity index (χ0v) is 15.3. The van der Waals surface area contributed by atoms with Crippen LogP contribution in [0.2, 0.25) is 0 Å². The standard InChI is InChI=1S/C16H22N2O6S/c1-16(2,11-6-8-17-9-7-11)24-15(19)13-5-4-12(25(3,22)23)10-14(13)18(20)21/h4-5,10-11,17H,6-9H2,1-3H3/p+1. The molecule has 0 bridgehead atoms. The number of piperidine rings is 1. The number of rotatable bonds is 5. The molecule has 0 aliphatic carbocycles. The van der Waals surface area contributed by atoms with Crippen molar-refractivity contribution in [2.45, 2.75) is 37.2 Å². The zero-order chi connectivity index (χ0) is 18.8. The largest absolute Gasteiger partial charge is 0.456 e. The first-order valence-electron chi connectivity index (χ1n) is 8.06. The maximum absolute atomic E-state index is 12.5. The van der Waals surface area contributed by atoms with Gasteiger partial charge in [-0.2, -0.15) is 0 Å². The van der Waals surface area contributed by atoms with Gasteiger partial charge in [-0.1, -0.05) is 0 Å². The van der Waals surface area contributed by atoms with Crippen LogP contribution in [0, 0.1) is 16.0 Å². The highest BCUT2D eigenvalue weighted by Gasteiger charge is 2.37. The second-order valence-corrected chi connectivity index (χ2v) is 8.86. The van der Waals surface area contributed by atoms with Crippen molar-refractivity contribution in [2.75, 3.05) is 19.3 Å². The first kappa shape index (κ1) is 19.3. The molecule has 1 heterocycles. The van der Waals surface area contributed by atoms with E-state index in [1.165, 1.54) is 6.07 Å². The number of nitrogens with two attached hydrogens (primary N) is 1. The number of ether oxygens (including phenoxy) is 1. The Morgan fingerprint density at radius 3 is 2.44 bits per heavy atom. The number of carbonyl (C=O) groups excluding carboxylic acids is 1. The lowest BCUT2D eigenvalue weighted by Crippen LogP contribution is -2.86. The van der Waals surface area contributed by atoms with Crippen LogP contribution >= 0.6 is 0 Å². The van der Waals surface area contributed by atoms with E-state index in [-0.39, 0.29) is 16.4 Å². The predicted molar refractivity (Wildman–Crippen MR) is 90.1 cm³/mol. The molecule has 0 saturated carbocycles. The molecule has 1 aromatic carbocycles. The molecule has 1 aromatic rings. The molecule has 0 radical (unpaired) electrons. The van der Waals surface area contributed by atoms with Gasteiger partial charge in [0.05, 0.1) is 22.9 Å². The third kappa shape index (κ3) is 4.55. The van der Waals surface area contributed by atoms with Gasteiger partial charge in [0.2, 0.25) is 0 Å². The maximum Gasteiger partial charge on any atom is 0.345 e. The summed E-state index contributed by atoms with van der Waals surface area (Å²) in [6.45, 7) is 5.51. The molecule has 1 fully saturated rings. The number of hydrogen-bond acceptors (Lipinski definition) is 6. The Hall–Kier alpha value is -2.00. The molecule has 2 N–H and O–H groups in total. The highest BCUT2D eigenvalue weighted by Crippen LogP contribution is 2.31. The molecule has 0 unspecified atom stereocenters. The first-order chi connectivity index (χ1) is 11.5. The monoisotopic (exact) mass is 371 g/mol. The number of carbonyl (C=O) groups is 1. The van der Waals surface area contributed by atoms with Crippen LogP contribution in [0.15, 0.2) is 23.1 Å². The van der Waals surface area contributed by atoms with E-state index in [2.05, 4.69) is 5.32 Å². The average Bonchev–Trinajstić information content (AvgIpc) is 2.53. The van der Waals surface area contributed by atoms with Crippen molar-refractivity contribution in [3.63, 3.8) is 0 Å². The van der Waals surface area contributed by atoms with E-state index >= 15 is 0 Å². The lowest BCUT2D eigenvalue weighted by molar-refractivity contribution is -0.665. The van der Waals surface area contributed by atoms with Gasteiger partial charge in [-0.25, -0.2) is 13.2 Å². The molecule has 2 rings (SSSR count). The molecular weight excluding hydrogens is 348 g/mol. The van der Waals surface area contributed by atoms with E-state index in [1.807, 2.05) is 0 Å². The van der Waals surface area contributed by atoms with Crippen molar-refractivity contribution < 1.29 is 28.2 Å². The summed E-state index contributed by atoms with van der Waals surface area (Å²) in [4.78, 5) is 22.8. The van der Waals surface area contributed by atoms with Gasteiger partial charge in [-0.15, -0.1) is 0 Å². The van der Waals surface area contributed by atoms with Gasteiger partial charge in [0.25, 0.3) is 5.69 Å². The van der Waals surface area contributed by atoms with E-state index in [0.717, 1.165) is 44.3 Å². The quantitative estimate of drug-likeness (QED) is 0.466. The van der Waals surface area contributed by atoms with Crippen LogP contribution in [0.3, 0.4) is 0 Å². The number of nitro benzene ring substituents is 1. The van der Waals surface area contributed by atoms with Gasteiger partial charge in [0, 0.05) is 31.1 Å². The molecule has 9 heteroatoms. The van der Waals surface area contributed by atoms with Crippen LogP contribution in [-0.2, 0) is 14.6 Å². The molecule has 8 nitrogen and oxygen atoms in total. The van der Waals surface area contributed by atoms with E-state index < -0.39 is 32.0 Å². The molecule has 138 valence electrons. The number of esters is 1. The summed E-state index contributed by atoms with van der Waals surface area (Å²) in [5, 5.41) is 13.5. The Bertz CT molecular complexity index is 782. The molecule has 25 heavy (non-hydrogen) atoms. The minimum absolute atomic E-state index is 0.177. The third-order valence-electron chi connectivity index (χ3n) is 4.59. The van der Waals surface area contributed by atoms with E-state index in [0.29, 0.717) is 0 Å². The molecule has 1 saturated heterocycles. The van der Waals surface area contributed by atoms with Gasteiger partial charge in [-0.3, -0.25) is 10.1 Å². The van der Waals surface area contributed by atoms with Crippen LogP contribution in [0.5, 0.6) is 0 Å². The van der Waals surface area contributed by atoms with Crippen LogP contribution in [0.4, 0.5) is 5.69 Å². The molecule has 1 aliphatic heterocycles. The Kier molecular flexibility index (Phi) is 5.48. The lowest BCUT2D eigenvalue weighted by Gasteiger charge is -2.35. The van der Waals surface area contributed by atoms with Crippen molar-refractivity contribution in [2.24, 2.45) is 5.92 Å². The Balaban J connectivity index is 2.30. The fraction of sp³-hybridized carbons (Fsp3) is 0.562. The van der Waals surface area contributed by atoms with Gasteiger partial charge in [0.15, 0.2) is 9.84 Å².